The number of hydrogen-bond donors (Lipinski definition) is 2. The highest BCUT2D eigenvalue weighted by atomic mass is 16.6. The summed E-state index contributed by atoms with van der Waals surface area (Å²) in [6.45, 7) is -0.140. The number of carbonyl (C=O) groups is 1. The number of anilines is 1. The van der Waals surface area contributed by atoms with E-state index in [2.05, 4.69) is 15.4 Å². The van der Waals surface area contributed by atoms with Crippen molar-refractivity contribution in [2.24, 2.45) is 0 Å². The smallest absolute Gasteiger partial charge is 0.434 e. The lowest BCUT2D eigenvalue weighted by atomic mass is 10.1. The summed E-state index contributed by atoms with van der Waals surface area (Å²) in [5, 5.41) is 10.6. The number of amides is 1. The van der Waals surface area contributed by atoms with Gasteiger partial charge in [-0.25, -0.2) is 15.2 Å². The third kappa shape index (κ3) is 3.41. The minimum Gasteiger partial charge on any atom is -0.495 e. The Morgan fingerprint density at radius 3 is 2.94 bits per heavy atom. The molecule has 3 heterocycles. The predicted octanol–water partition coefficient (Wildman–Crippen LogP) is 3.16. The minimum absolute atomic E-state index is 0.140. The fourth-order valence-corrected chi connectivity index (χ4v) is 3.79. The molecule has 0 spiro atoms. The minimum atomic E-state index is -0.576. The second-order valence-electron chi connectivity index (χ2n) is 7.22. The number of aliphatic hydroxyl groups excluding tert-OH is 1. The van der Waals surface area contributed by atoms with E-state index < -0.39 is 12.1 Å². The van der Waals surface area contributed by atoms with E-state index in [1.807, 2.05) is 30.4 Å². The molecule has 31 heavy (non-hydrogen) atoms. The number of hydrazine groups is 1. The third-order valence-corrected chi connectivity index (χ3v) is 5.38. The Hall–Kier alpha value is -3.75. The molecule has 8 nitrogen and oxygen atoms in total. The zero-order valence-electron chi connectivity index (χ0n) is 16.8. The first-order valence-electron chi connectivity index (χ1n) is 9.84. The number of ether oxygens (including phenoxy) is 2. The number of allylic oxidation sites excluding steroid dienone is 1. The van der Waals surface area contributed by atoms with Crippen LogP contribution in [-0.2, 0) is 13.0 Å². The zero-order valence-corrected chi connectivity index (χ0v) is 16.8. The Balaban J connectivity index is 1.48. The molecule has 8 heteroatoms. The fraction of sp³-hybridized carbons (Fsp3) is 0.174. The molecule has 2 N–H and O–H groups in total. The van der Waals surface area contributed by atoms with E-state index in [0.717, 1.165) is 23.1 Å². The molecule has 1 aromatic carbocycles. The molecule has 0 radical (unpaired) electrons. The molecule has 5 rings (SSSR count). The number of nitrogens with zero attached hydrogens (tertiary/aromatic N) is 3. The van der Waals surface area contributed by atoms with Crippen LogP contribution < -0.4 is 19.9 Å². The lowest BCUT2D eigenvalue weighted by molar-refractivity contribution is 0.204. The Labute approximate surface area is 178 Å². The number of fused-ring (bicyclic) bond motifs is 2. The number of aromatic nitrogens is 2. The van der Waals surface area contributed by atoms with Gasteiger partial charge in [-0.05, 0) is 29.7 Å². The molecule has 0 saturated heterocycles. The van der Waals surface area contributed by atoms with Crippen LogP contribution in [0.1, 0.15) is 34.1 Å². The van der Waals surface area contributed by atoms with E-state index in [0.29, 0.717) is 28.6 Å². The van der Waals surface area contributed by atoms with Crippen molar-refractivity contribution in [2.75, 3.05) is 12.1 Å². The van der Waals surface area contributed by atoms with Gasteiger partial charge in [0.05, 0.1) is 43.0 Å². The second kappa shape index (κ2) is 7.82. The van der Waals surface area contributed by atoms with Crippen molar-refractivity contribution in [3.05, 3.63) is 82.9 Å². The summed E-state index contributed by atoms with van der Waals surface area (Å²) < 4.78 is 11.0. The molecule has 1 unspecified atom stereocenters. The maximum Gasteiger partial charge on any atom is 0.434 e. The van der Waals surface area contributed by atoms with Crippen molar-refractivity contribution in [1.29, 1.82) is 0 Å². The maximum absolute atomic E-state index is 13.2. The first kappa shape index (κ1) is 19.2. The molecular weight excluding hydrogens is 396 g/mol. The molecule has 0 fully saturated rings. The van der Waals surface area contributed by atoms with Crippen molar-refractivity contribution in [3.8, 4) is 11.5 Å². The summed E-state index contributed by atoms with van der Waals surface area (Å²) in [5.74, 6) is 1.03. The molecule has 0 saturated carbocycles. The van der Waals surface area contributed by atoms with Gasteiger partial charge in [-0.2, -0.15) is 0 Å². The van der Waals surface area contributed by atoms with E-state index >= 15 is 0 Å². The lowest BCUT2D eigenvalue weighted by Gasteiger charge is -2.19. The highest BCUT2D eigenvalue weighted by molar-refractivity contribution is 5.91. The highest BCUT2D eigenvalue weighted by Crippen LogP contribution is 2.38. The van der Waals surface area contributed by atoms with E-state index in [-0.39, 0.29) is 6.61 Å². The lowest BCUT2D eigenvalue weighted by Crippen LogP contribution is -2.42. The van der Waals surface area contributed by atoms with E-state index in [4.69, 9.17) is 9.47 Å². The molecule has 1 aliphatic heterocycles. The number of pyridine rings is 2. The number of carbonyl (C=O) groups excluding carboxylic acids is 1. The van der Waals surface area contributed by atoms with E-state index in [9.17, 15) is 9.90 Å². The van der Waals surface area contributed by atoms with Crippen LogP contribution in [0.15, 0.2) is 54.9 Å². The first-order chi connectivity index (χ1) is 15.2. The summed E-state index contributed by atoms with van der Waals surface area (Å²) in [6.07, 6.45) is 7.51. The van der Waals surface area contributed by atoms with Crippen LogP contribution in [0, 0.1) is 0 Å². The van der Waals surface area contributed by atoms with Crippen LogP contribution >= 0.6 is 0 Å². The summed E-state index contributed by atoms with van der Waals surface area (Å²) in [4.78, 5) is 21.9. The fourth-order valence-electron chi connectivity index (χ4n) is 3.79. The zero-order chi connectivity index (χ0) is 21.4. The summed E-state index contributed by atoms with van der Waals surface area (Å²) in [7, 11) is 1.54. The Morgan fingerprint density at radius 2 is 2.16 bits per heavy atom. The SMILES string of the molecule is COc1cnc2c(c1)N(C(=O)Oc1cccc3c1C=CC3)NC2c1ccc(CO)nc1. The van der Waals surface area contributed by atoms with Gasteiger partial charge in [-0.15, -0.1) is 0 Å². The average Bonchev–Trinajstić information content (AvgIpc) is 3.44. The van der Waals surface area contributed by atoms with Gasteiger partial charge in [-0.3, -0.25) is 9.97 Å². The second-order valence-corrected chi connectivity index (χ2v) is 7.22. The van der Waals surface area contributed by atoms with Crippen LogP contribution in [0.5, 0.6) is 11.5 Å². The molecule has 2 aliphatic rings. The van der Waals surface area contributed by atoms with Gasteiger partial charge in [0.2, 0.25) is 0 Å². The Morgan fingerprint density at radius 1 is 1.26 bits per heavy atom. The van der Waals surface area contributed by atoms with Crippen LogP contribution in [0.25, 0.3) is 6.08 Å². The highest BCUT2D eigenvalue weighted by Gasteiger charge is 2.36. The number of benzene rings is 1. The van der Waals surface area contributed by atoms with Gasteiger partial charge in [0.1, 0.15) is 11.5 Å². The number of aliphatic hydroxyl groups is 1. The molecule has 1 atom stereocenters. The number of nitrogens with one attached hydrogen (secondary N) is 1. The van der Waals surface area contributed by atoms with Crippen molar-refractivity contribution >= 4 is 17.9 Å². The van der Waals surface area contributed by atoms with Gasteiger partial charge in [0.25, 0.3) is 0 Å². The van der Waals surface area contributed by atoms with Crippen molar-refractivity contribution in [2.45, 2.75) is 19.1 Å². The largest absolute Gasteiger partial charge is 0.495 e. The molecule has 3 aromatic rings. The quantitative estimate of drug-likeness (QED) is 0.674. The number of rotatable bonds is 4. The summed E-state index contributed by atoms with van der Waals surface area (Å²) in [5.41, 5.74) is 7.76. The first-order valence-corrected chi connectivity index (χ1v) is 9.84. The van der Waals surface area contributed by atoms with E-state index in [1.165, 1.54) is 5.01 Å². The van der Waals surface area contributed by atoms with Crippen LogP contribution in [0.2, 0.25) is 0 Å². The monoisotopic (exact) mass is 416 g/mol. The van der Waals surface area contributed by atoms with Gasteiger partial charge < -0.3 is 14.6 Å². The summed E-state index contributed by atoms with van der Waals surface area (Å²) in [6, 6.07) is 10.6. The molecule has 2 aromatic heterocycles. The summed E-state index contributed by atoms with van der Waals surface area (Å²) >= 11 is 0. The third-order valence-electron chi connectivity index (χ3n) is 5.38. The number of hydrogen-bond acceptors (Lipinski definition) is 7. The Bertz CT molecular complexity index is 1180. The van der Waals surface area contributed by atoms with Gasteiger partial charge >= 0.3 is 6.09 Å². The van der Waals surface area contributed by atoms with Gasteiger partial charge in [0.15, 0.2) is 0 Å². The maximum atomic E-state index is 13.2. The van der Waals surface area contributed by atoms with Crippen LogP contribution in [0.4, 0.5) is 10.5 Å². The van der Waals surface area contributed by atoms with Gasteiger partial charge in [-0.1, -0.05) is 30.4 Å². The average molecular weight is 416 g/mol. The number of methoxy groups -OCH3 is 1. The van der Waals surface area contributed by atoms with Crippen LogP contribution in [0.3, 0.4) is 0 Å². The van der Waals surface area contributed by atoms with Crippen molar-refractivity contribution in [1.82, 2.24) is 15.4 Å². The Kier molecular flexibility index (Phi) is 4.85. The molecular formula is C23H20N4O4. The predicted molar refractivity (Wildman–Crippen MR) is 114 cm³/mol. The van der Waals surface area contributed by atoms with Crippen molar-refractivity contribution in [3.63, 3.8) is 0 Å². The van der Waals surface area contributed by atoms with Crippen LogP contribution in [-0.4, -0.2) is 28.3 Å². The topological polar surface area (TPSA) is 96.8 Å². The van der Waals surface area contributed by atoms with Gasteiger partial charge in [0, 0.05) is 17.8 Å². The molecule has 0 bridgehead atoms. The normalized spacial score (nSPS) is 16.2. The molecule has 1 amide bonds. The van der Waals surface area contributed by atoms with E-state index in [1.54, 1.807) is 37.7 Å². The molecule has 156 valence electrons. The standard InChI is InChI=1S/C23H20N4O4/c1-30-17-10-19-22(25-12-17)21(15-8-9-16(13-28)24-11-15)26-27(19)23(29)31-20-7-3-5-14-4-2-6-18(14)20/h2-3,5-12,21,26,28H,4,13H2,1H3. The van der Waals surface area contributed by atoms with Crippen molar-refractivity contribution < 1.29 is 19.4 Å². The molecule has 1 aliphatic carbocycles.